The van der Waals surface area contributed by atoms with Gasteiger partial charge in [-0.2, -0.15) is 0 Å². The molecule has 1 aromatic rings. The molecular weight excluding hydrogens is 278 g/mol. The van der Waals surface area contributed by atoms with Gasteiger partial charge in [0.2, 0.25) is 0 Å². The fourth-order valence-corrected chi connectivity index (χ4v) is 4.90. The molecule has 4 rings (SSSR count). The number of hydrogen-bond acceptors (Lipinski definition) is 4. The van der Waals surface area contributed by atoms with E-state index in [-0.39, 0.29) is 17.1 Å². The molecular formula is C18H25NO3. The molecule has 0 spiro atoms. The topological polar surface area (TPSA) is 50.7 Å². The van der Waals surface area contributed by atoms with E-state index in [1.807, 2.05) is 6.07 Å². The predicted molar refractivity (Wildman–Crippen MR) is 84.4 cm³/mol. The van der Waals surface area contributed by atoms with E-state index in [0.29, 0.717) is 13.0 Å². The van der Waals surface area contributed by atoms with Gasteiger partial charge in [-0.25, -0.2) is 0 Å². The second kappa shape index (κ2) is 4.47. The van der Waals surface area contributed by atoms with Crippen LogP contribution in [-0.2, 0) is 16.6 Å². The zero-order valence-corrected chi connectivity index (χ0v) is 13.6. The number of benzene rings is 1. The summed E-state index contributed by atoms with van der Waals surface area (Å²) in [6.45, 7) is 5.66. The smallest absolute Gasteiger partial charge is 0.119 e. The summed E-state index contributed by atoms with van der Waals surface area (Å²) in [7, 11) is 1.69. The average Bonchev–Trinajstić information content (AvgIpc) is 2.45. The van der Waals surface area contributed by atoms with Crippen molar-refractivity contribution in [3.05, 3.63) is 29.3 Å². The number of methoxy groups -OCH3 is 1. The van der Waals surface area contributed by atoms with Crippen LogP contribution < -0.4 is 10.1 Å². The summed E-state index contributed by atoms with van der Waals surface area (Å²) in [6.07, 6.45) is 2.43. The van der Waals surface area contributed by atoms with Crippen molar-refractivity contribution in [1.82, 2.24) is 5.32 Å². The predicted octanol–water partition coefficient (Wildman–Crippen LogP) is 1.78. The van der Waals surface area contributed by atoms with Gasteiger partial charge in [0.15, 0.2) is 0 Å². The second-order valence-corrected chi connectivity index (χ2v) is 7.72. The van der Waals surface area contributed by atoms with Crippen LogP contribution in [0.2, 0.25) is 0 Å². The van der Waals surface area contributed by atoms with Crippen molar-refractivity contribution < 1.29 is 14.6 Å². The standard InChI is InChI=1S/C18H25NO3/c1-16(2)10-18(20)15-8-12-4-5-13(21-3)9-14(12)17(18,11-22-16)6-7-19-15/h4-5,9,15,19-20H,6-8,10-11H2,1-3H3/t15-,17-,18-/m1/s1. The Morgan fingerprint density at radius 1 is 1.36 bits per heavy atom. The van der Waals surface area contributed by atoms with E-state index in [1.54, 1.807) is 7.11 Å². The van der Waals surface area contributed by atoms with Crippen molar-refractivity contribution in [2.75, 3.05) is 20.3 Å². The molecule has 3 aliphatic rings. The molecule has 2 heterocycles. The van der Waals surface area contributed by atoms with Crippen LogP contribution in [0.15, 0.2) is 18.2 Å². The zero-order valence-electron chi connectivity index (χ0n) is 13.6. The highest BCUT2D eigenvalue weighted by Crippen LogP contribution is 2.55. The fourth-order valence-electron chi connectivity index (χ4n) is 4.90. The number of fused-ring (bicyclic) bond motifs is 1. The summed E-state index contributed by atoms with van der Waals surface area (Å²) in [6, 6.07) is 6.38. The monoisotopic (exact) mass is 303 g/mol. The Labute approximate surface area is 131 Å². The molecule has 0 radical (unpaired) electrons. The van der Waals surface area contributed by atoms with Gasteiger partial charge in [0, 0.05) is 12.5 Å². The molecule has 0 amide bonds. The van der Waals surface area contributed by atoms with Crippen LogP contribution in [0.3, 0.4) is 0 Å². The van der Waals surface area contributed by atoms with Crippen LogP contribution in [-0.4, -0.2) is 42.6 Å². The van der Waals surface area contributed by atoms with E-state index in [9.17, 15) is 5.11 Å². The molecule has 2 bridgehead atoms. The largest absolute Gasteiger partial charge is 0.497 e. The normalized spacial score (nSPS) is 38.8. The van der Waals surface area contributed by atoms with Gasteiger partial charge in [-0.15, -0.1) is 0 Å². The molecule has 1 aliphatic carbocycles. The summed E-state index contributed by atoms with van der Waals surface area (Å²) < 4.78 is 11.6. The third kappa shape index (κ3) is 1.75. The van der Waals surface area contributed by atoms with Gasteiger partial charge in [0.05, 0.1) is 30.3 Å². The van der Waals surface area contributed by atoms with Crippen LogP contribution >= 0.6 is 0 Å². The maximum atomic E-state index is 11.7. The van der Waals surface area contributed by atoms with Gasteiger partial charge in [0.25, 0.3) is 0 Å². The molecule has 3 atom stereocenters. The molecule has 2 saturated heterocycles. The van der Waals surface area contributed by atoms with Gasteiger partial charge in [-0.3, -0.25) is 0 Å². The minimum Gasteiger partial charge on any atom is -0.497 e. The highest BCUT2D eigenvalue weighted by molar-refractivity contribution is 5.48. The molecule has 0 unspecified atom stereocenters. The maximum absolute atomic E-state index is 11.7. The lowest BCUT2D eigenvalue weighted by molar-refractivity contribution is -0.222. The van der Waals surface area contributed by atoms with Crippen LogP contribution in [0.4, 0.5) is 0 Å². The first-order chi connectivity index (χ1) is 10.4. The van der Waals surface area contributed by atoms with Gasteiger partial charge in [-0.05, 0) is 56.5 Å². The van der Waals surface area contributed by atoms with E-state index in [2.05, 4.69) is 31.3 Å². The molecule has 2 N–H and O–H groups in total. The van der Waals surface area contributed by atoms with Gasteiger partial charge >= 0.3 is 0 Å². The van der Waals surface area contributed by atoms with Crippen molar-refractivity contribution in [3.8, 4) is 5.75 Å². The van der Waals surface area contributed by atoms with Gasteiger partial charge in [0.1, 0.15) is 5.75 Å². The number of piperidine rings is 1. The SMILES string of the molecule is COc1ccc2c(c1)[C@]13CCN[C@H](C2)[C@]1(O)CC(C)(C)OC3. The molecule has 4 heteroatoms. The van der Waals surface area contributed by atoms with Gasteiger partial charge in [-0.1, -0.05) is 6.07 Å². The zero-order chi connectivity index (χ0) is 15.6. The summed E-state index contributed by atoms with van der Waals surface area (Å²) >= 11 is 0. The van der Waals surface area contributed by atoms with E-state index in [1.165, 1.54) is 11.1 Å². The Balaban J connectivity index is 1.91. The third-order valence-corrected chi connectivity index (χ3v) is 6.01. The Morgan fingerprint density at radius 3 is 2.95 bits per heavy atom. The Morgan fingerprint density at radius 2 is 2.18 bits per heavy atom. The number of rotatable bonds is 1. The highest BCUT2D eigenvalue weighted by atomic mass is 16.5. The first-order valence-electron chi connectivity index (χ1n) is 8.17. The molecule has 0 saturated carbocycles. The van der Waals surface area contributed by atoms with Crippen molar-refractivity contribution in [2.45, 2.75) is 55.8 Å². The van der Waals surface area contributed by atoms with E-state index in [0.717, 1.165) is 25.1 Å². The number of hydrogen-bond donors (Lipinski definition) is 2. The molecule has 120 valence electrons. The van der Waals surface area contributed by atoms with Gasteiger partial charge < -0.3 is 19.9 Å². The summed E-state index contributed by atoms with van der Waals surface area (Å²) in [5, 5.41) is 15.3. The average molecular weight is 303 g/mol. The first kappa shape index (κ1) is 14.5. The minimum atomic E-state index is -0.758. The lowest BCUT2D eigenvalue weighted by Gasteiger charge is -2.63. The Kier molecular flexibility index (Phi) is 2.94. The Hall–Kier alpha value is -1.10. The molecule has 2 fully saturated rings. The van der Waals surface area contributed by atoms with Crippen LogP contribution in [0.25, 0.3) is 0 Å². The number of aliphatic hydroxyl groups is 1. The molecule has 2 aliphatic heterocycles. The molecule has 4 nitrogen and oxygen atoms in total. The summed E-state index contributed by atoms with van der Waals surface area (Å²) in [5.41, 5.74) is 1.17. The maximum Gasteiger partial charge on any atom is 0.119 e. The number of nitrogens with one attached hydrogen (secondary N) is 1. The van der Waals surface area contributed by atoms with Crippen LogP contribution in [0, 0.1) is 0 Å². The summed E-state index contributed by atoms with van der Waals surface area (Å²) in [4.78, 5) is 0. The summed E-state index contributed by atoms with van der Waals surface area (Å²) in [5.74, 6) is 0.859. The second-order valence-electron chi connectivity index (χ2n) is 7.72. The third-order valence-electron chi connectivity index (χ3n) is 6.01. The van der Waals surface area contributed by atoms with Crippen molar-refractivity contribution in [1.29, 1.82) is 0 Å². The van der Waals surface area contributed by atoms with Crippen molar-refractivity contribution in [3.63, 3.8) is 0 Å². The fraction of sp³-hybridized carbons (Fsp3) is 0.667. The van der Waals surface area contributed by atoms with E-state index >= 15 is 0 Å². The van der Waals surface area contributed by atoms with Crippen molar-refractivity contribution >= 4 is 0 Å². The highest BCUT2D eigenvalue weighted by Gasteiger charge is 2.64. The Bertz CT molecular complexity index is 614. The number of ether oxygens (including phenoxy) is 2. The van der Waals surface area contributed by atoms with Crippen LogP contribution in [0.5, 0.6) is 5.75 Å². The molecule has 22 heavy (non-hydrogen) atoms. The van der Waals surface area contributed by atoms with Crippen molar-refractivity contribution in [2.24, 2.45) is 0 Å². The lowest BCUT2D eigenvalue weighted by atomic mass is 9.52. The van der Waals surface area contributed by atoms with Crippen LogP contribution in [0.1, 0.15) is 37.8 Å². The quantitative estimate of drug-likeness (QED) is 0.830. The van der Waals surface area contributed by atoms with E-state index in [4.69, 9.17) is 9.47 Å². The minimum absolute atomic E-state index is 0.102. The first-order valence-corrected chi connectivity index (χ1v) is 8.17. The van der Waals surface area contributed by atoms with E-state index < -0.39 is 5.60 Å². The molecule has 0 aromatic heterocycles. The molecule has 1 aromatic carbocycles. The lowest BCUT2D eigenvalue weighted by Crippen LogP contribution is -2.75.